The van der Waals surface area contributed by atoms with Crippen molar-refractivity contribution in [1.82, 2.24) is 4.90 Å². The normalized spacial score (nSPS) is 22.2. The molecule has 2 aliphatic rings. The fourth-order valence-electron chi connectivity index (χ4n) is 3.88. The minimum atomic E-state index is -3.08. The number of non-ortho nitro benzene ring substituents is 1. The number of nitro groups is 1. The fourth-order valence-corrected chi connectivity index (χ4v) is 5.59. The Morgan fingerprint density at radius 2 is 1.96 bits per heavy atom. The highest BCUT2D eigenvalue weighted by Crippen LogP contribution is 2.29. The van der Waals surface area contributed by atoms with Gasteiger partial charge in [0.2, 0.25) is 5.91 Å². The van der Waals surface area contributed by atoms with Crippen molar-refractivity contribution in [1.29, 1.82) is 0 Å². The molecule has 1 N–H and O–H groups in total. The Balaban J connectivity index is 1.69. The van der Waals surface area contributed by atoms with Gasteiger partial charge in [0.15, 0.2) is 9.84 Å². The van der Waals surface area contributed by atoms with E-state index in [1.807, 2.05) is 0 Å². The van der Waals surface area contributed by atoms with Crippen LogP contribution in [0.25, 0.3) is 0 Å². The van der Waals surface area contributed by atoms with Crippen LogP contribution in [0.2, 0.25) is 0 Å². The van der Waals surface area contributed by atoms with Crippen molar-refractivity contribution in [2.24, 2.45) is 0 Å². The van der Waals surface area contributed by atoms with Crippen LogP contribution >= 0.6 is 0 Å². The molecule has 26 heavy (non-hydrogen) atoms. The quantitative estimate of drug-likeness (QED) is 0.596. The largest absolute Gasteiger partial charge is 0.376 e. The lowest BCUT2D eigenvalue weighted by molar-refractivity contribution is -0.384. The van der Waals surface area contributed by atoms with Crippen LogP contribution in [0, 0.1) is 10.1 Å². The number of anilines is 1. The van der Waals surface area contributed by atoms with Crippen LogP contribution in [0.4, 0.5) is 11.4 Å². The SMILES string of the molecule is O=C(CNc1cccc([N+](=O)[O-])c1)N(C1CCCC1)[C@H]1CCS(=O)(=O)C1. The molecule has 1 atom stereocenters. The van der Waals surface area contributed by atoms with Crippen LogP contribution in [0.1, 0.15) is 32.1 Å². The number of sulfone groups is 1. The summed E-state index contributed by atoms with van der Waals surface area (Å²) in [5.41, 5.74) is 0.454. The van der Waals surface area contributed by atoms with Crippen molar-refractivity contribution in [2.45, 2.75) is 44.2 Å². The number of amides is 1. The van der Waals surface area contributed by atoms with Crippen molar-refractivity contribution in [3.63, 3.8) is 0 Å². The Kier molecular flexibility index (Phi) is 5.45. The molecule has 142 valence electrons. The van der Waals surface area contributed by atoms with Crippen LogP contribution in [0.3, 0.4) is 0 Å². The molecule has 0 spiro atoms. The molecule has 0 unspecified atom stereocenters. The summed E-state index contributed by atoms with van der Waals surface area (Å²) < 4.78 is 23.7. The minimum absolute atomic E-state index is 0.00574. The highest BCUT2D eigenvalue weighted by molar-refractivity contribution is 7.91. The van der Waals surface area contributed by atoms with Crippen LogP contribution in [-0.4, -0.2) is 54.3 Å². The van der Waals surface area contributed by atoms with E-state index in [-0.39, 0.29) is 41.7 Å². The van der Waals surface area contributed by atoms with Gasteiger partial charge in [0.25, 0.3) is 5.69 Å². The standard InChI is InChI=1S/C17H23N3O5S/c21-17(11-18-13-4-3-7-15(10-13)20(22)23)19(14-5-1-2-6-14)16-8-9-26(24,25)12-16/h3-4,7,10,14,16,18H,1-2,5-6,8-9,11-12H2/t16-/m0/s1. The Morgan fingerprint density at radius 1 is 1.23 bits per heavy atom. The zero-order chi connectivity index (χ0) is 18.7. The number of rotatable bonds is 6. The predicted molar refractivity (Wildman–Crippen MR) is 97.7 cm³/mol. The first-order chi connectivity index (χ1) is 12.4. The summed E-state index contributed by atoms with van der Waals surface area (Å²) in [6, 6.07) is 5.83. The molecular weight excluding hydrogens is 358 g/mol. The van der Waals surface area contributed by atoms with Gasteiger partial charge < -0.3 is 10.2 Å². The van der Waals surface area contributed by atoms with Gasteiger partial charge in [0.05, 0.1) is 23.0 Å². The minimum Gasteiger partial charge on any atom is -0.376 e. The number of nitro benzene ring substituents is 1. The highest BCUT2D eigenvalue weighted by Gasteiger charge is 2.38. The van der Waals surface area contributed by atoms with E-state index in [2.05, 4.69) is 5.32 Å². The smallest absolute Gasteiger partial charge is 0.271 e. The molecule has 1 aliphatic heterocycles. The van der Waals surface area contributed by atoms with E-state index in [1.165, 1.54) is 12.1 Å². The number of hydrogen-bond acceptors (Lipinski definition) is 6. The van der Waals surface area contributed by atoms with E-state index in [0.29, 0.717) is 12.1 Å². The molecule has 1 aromatic rings. The summed E-state index contributed by atoms with van der Waals surface area (Å²) in [6.45, 7) is -0.00574. The fraction of sp³-hybridized carbons (Fsp3) is 0.588. The second-order valence-electron chi connectivity index (χ2n) is 6.96. The topological polar surface area (TPSA) is 110 Å². The Labute approximate surface area is 152 Å². The van der Waals surface area contributed by atoms with Gasteiger partial charge in [-0.25, -0.2) is 8.42 Å². The lowest BCUT2D eigenvalue weighted by atomic mass is 10.1. The van der Waals surface area contributed by atoms with Crippen LogP contribution in [-0.2, 0) is 14.6 Å². The number of carbonyl (C=O) groups is 1. The molecule has 0 radical (unpaired) electrons. The average Bonchev–Trinajstić information content (AvgIpc) is 3.23. The third-order valence-electron chi connectivity index (χ3n) is 5.11. The second-order valence-corrected chi connectivity index (χ2v) is 9.19. The van der Waals surface area contributed by atoms with Gasteiger partial charge in [-0.05, 0) is 25.3 Å². The molecule has 9 heteroatoms. The maximum absolute atomic E-state index is 12.9. The first-order valence-corrected chi connectivity index (χ1v) is 10.7. The van der Waals surface area contributed by atoms with Crippen LogP contribution < -0.4 is 5.32 Å². The lowest BCUT2D eigenvalue weighted by Crippen LogP contribution is -2.49. The number of benzene rings is 1. The van der Waals surface area contributed by atoms with Gasteiger partial charge in [-0.1, -0.05) is 18.9 Å². The monoisotopic (exact) mass is 381 g/mol. The van der Waals surface area contributed by atoms with Crippen molar-refractivity contribution in [3.05, 3.63) is 34.4 Å². The van der Waals surface area contributed by atoms with Crippen molar-refractivity contribution in [3.8, 4) is 0 Å². The number of hydrogen-bond donors (Lipinski definition) is 1. The summed E-state index contributed by atoms with van der Waals surface area (Å²) in [4.78, 5) is 25.0. The van der Waals surface area contributed by atoms with Crippen molar-refractivity contribution >= 4 is 27.1 Å². The first-order valence-electron chi connectivity index (χ1n) is 8.86. The molecule has 1 aromatic carbocycles. The Morgan fingerprint density at radius 3 is 2.58 bits per heavy atom. The molecule has 1 heterocycles. The van der Waals surface area contributed by atoms with E-state index in [0.717, 1.165) is 25.7 Å². The van der Waals surface area contributed by atoms with Gasteiger partial charge in [-0.2, -0.15) is 0 Å². The highest BCUT2D eigenvalue weighted by atomic mass is 32.2. The van der Waals surface area contributed by atoms with Crippen molar-refractivity contribution in [2.75, 3.05) is 23.4 Å². The third-order valence-corrected chi connectivity index (χ3v) is 6.86. The number of nitrogens with one attached hydrogen (secondary N) is 1. The molecule has 1 saturated carbocycles. The lowest BCUT2D eigenvalue weighted by Gasteiger charge is -2.34. The van der Waals surface area contributed by atoms with Gasteiger partial charge >= 0.3 is 0 Å². The summed E-state index contributed by atoms with van der Waals surface area (Å²) in [6.07, 6.45) is 4.39. The zero-order valence-electron chi connectivity index (χ0n) is 14.5. The van der Waals surface area contributed by atoms with Crippen molar-refractivity contribution < 1.29 is 18.1 Å². The molecule has 1 saturated heterocycles. The van der Waals surface area contributed by atoms with Gasteiger partial charge in [-0.15, -0.1) is 0 Å². The summed E-state index contributed by atoms with van der Waals surface area (Å²) in [5.74, 6) is 0.0175. The molecule has 0 bridgehead atoms. The first kappa shape index (κ1) is 18.6. The van der Waals surface area contributed by atoms with Crippen LogP contribution in [0.15, 0.2) is 24.3 Å². The van der Waals surface area contributed by atoms with E-state index < -0.39 is 14.8 Å². The van der Waals surface area contributed by atoms with E-state index in [1.54, 1.807) is 17.0 Å². The molecule has 2 fully saturated rings. The molecular formula is C17H23N3O5S. The maximum atomic E-state index is 12.9. The van der Waals surface area contributed by atoms with Gasteiger partial charge in [-0.3, -0.25) is 14.9 Å². The molecule has 0 aromatic heterocycles. The van der Waals surface area contributed by atoms with E-state index in [4.69, 9.17) is 0 Å². The summed E-state index contributed by atoms with van der Waals surface area (Å²) in [7, 11) is -3.08. The van der Waals surface area contributed by atoms with Crippen LogP contribution in [0.5, 0.6) is 0 Å². The van der Waals surface area contributed by atoms with E-state index in [9.17, 15) is 23.3 Å². The summed E-state index contributed by atoms with van der Waals surface area (Å²) in [5, 5.41) is 13.8. The second kappa shape index (κ2) is 7.61. The molecule has 1 aliphatic carbocycles. The summed E-state index contributed by atoms with van der Waals surface area (Å²) >= 11 is 0. The maximum Gasteiger partial charge on any atom is 0.271 e. The molecule has 1 amide bonds. The third kappa shape index (κ3) is 4.32. The predicted octanol–water partition coefficient (Wildman–Crippen LogP) is 1.97. The number of carbonyl (C=O) groups excluding carboxylic acids is 1. The van der Waals surface area contributed by atoms with Gasteiger partial charge in [0, 0.05) is 29.9 Å². The average molecular weight is 381 g/mol. The molecule has 8 nitrogen and oxygen atoms in total. The molecule has 3 rings (SSSR count). The van der Waals surface area contributed by atoms with E-state index >= 15 is 0 Å². The Hall–Kier alpha value is -2.16. The van der Waals surface area contributed by atoms with Gasteiger partial charge in [0.1, 0.15) is 0 Å². The number of nitrogens with zero attached hydrogens (tertiary/aromatic N) is 2. The Bertz CT molecular complexity index is 789. The zero-order valence-corrected chi connectivity index (χ0v) is 15.3.